The molecule has 0 aromatic heterocycles. The van der Waals surface area contributed by atoms with E-state index < -0.39 is 37.7 Å². The van der Waals surface area contributed by atoms with Gasteiger partial charge in [0.1, 0.15) is 11.2 Å². The van der Waals surface area contributed by atoms with Crippen LogP contribution in [0.4, 0.5) is 15.3 Å². The Balaban J connectivity index is 2.69. The van der Waals surface area contributed by atoms with Gasteiger partial charge in [0, 0.05) is 15.7 Å². The third-order valence-corrected chi connectivity index (χ3v) is 8.37. The molecule has 2 rings (SSSR count). The summed E-state index contributed by atoms with van der Waals surface area (Å²) >= 11 is 0. The molecule has 7 nitrogen and oxygen atoms in total. The van der Waals surface area contributed by atoms with Gasteiger partial charge in [0.2, 0.25) is 8.87 Å². The van der Waals surface area contributed by atoms with Crippen LogP contribution < -0.4 is 4.90 Å². The summed E-state index contributed by atoms with van der Waals surface area (Å²) in [5, 5.41) is 0. The molecule has 0 fully saturated rings. The lowest BCUT2D eigenvalue weighted by Crippen LogP contribution is -2.44. The Labute approximate surface area is 225 Å². The van der Waals surface area contributed by atoms with Gasteiger partial charge in [-0.15, -0.1) is 0 Å². The van der Waals surface area contributed by atoms with Crippen LogP contribution in [0, 0.1) is 13.8 Å². The van der Waals surface area contributed by atoms with Crippen LogP contribution in [0.5, 0.6) is 0 Å². The molecule has 0 bridgehead atoms. The van der Waals surface area contributed by atoms with Crippen LogP contribution >= 0.6 is 10.8 Å². The van der Waals surface area contributed by atoms with E-state index in [9.17, 15) is 18.0 Å². The molecule has 0 aliphatic rings. The van der Waals surface area contributed by atoms with Crippen molar-refractivity contribution in [3.63, 3.8) is 0 Å². The molecule has 0 radical (unpaired) electrons. The number of aryl methyl sites for hydroxylation is 2. The topological polar surface area (TPSA) is 90.0 Å². The molecule has 0 aliphatic carbocycles. The molecular formula is C28H39NO6S2. The minimum atomic E-state index is -3.72. The highest BCUT2D eigenvalue weighted by atomic mass is 33.1. The average Bonchev–Trinajstić information content (AvgIpc) is 2.66. The Hall–Kier alpha value is -2.52. The molecule has 0 spiro atoms. The van der Waals surface area contributed by atoms with E-state index in [-0.39, 0.29) is 10.6 Å². The molecule has 2 aromatic carbocycles. The lowest BCUT2D eigenvalue weighted by Gasteiger charge is -2.31. The lowest BCUT2D eigenvalue weighted by molar-refractivity contribution is 0.0430. The van der Waals surface area contributed by atoms with Crippen LogP contribution in [-0.2, 0) is 23.8 Å². The zero-order valence-electron chi connectivity index (χ0n) is 23.7. The van der Waals surface area contributed by atoms with Crippen molar-refractivity contribution in [3.8, 4) is 0 Å². The van der Waals surface area contributed by atoms with Gasteiger partial charge in [0.05, 0.1) is 10.6 Å². The number of hydrogen-bond donors (Lipinski definition) is 0. The number of carbonyl (C=O) groups is 2. The van der Waals surface area contributed by atoms with Crippen molar-refractivity contribution >= 4 is 37.5 Å². The molecule has 204 valence electrons. The molecule has 2 aromatic rings. The molecule has 0 saturated carbocycles. The van der Waals surface area contributed by atoms with Crippen molar-refractivity contribution in [2.24, 2.45) is 0 Å². The monoisotopic (exact) mass is 549 g/mol. The number of anilines is 1. The van der Waals surface area contributed by atoms with Crippen LogP contribution in [0.2, 0.25) is 0 Å². The van der Waals surface area contributed by atoms with Crippen molar-refractivity contribution in [1.82, 2.24) is 0 Å². The summed E-state index contributed by atoms with van der Waals surface area (Å²) in [4.78, 5) is 28.1. The highest BCUT2D eigenvalue weighted by Crippen LogP contribution is 2.42. The Bertz CT molecular complexity index is 1230. The number of carbonyl (C=O) groups excluding carboxylic acids is 2. The van der Waals surface area contributed by atoms with Crippen molar-refractivity contribution < 1.29 is 27.5 Å². The van der Waals surface area contributed by atoms with Crippen molar-refractivity contribution in [3.05, 3.63) is 53.1 Å². The van der Waals surface area contributed by atoms with Gasteiger partial charge in [-0.1, -0.05) is 38.5 Å². The summed E-state index contributed by atoms with van der Waals surface area (Å²) in [6.07, 6.45) is -1.75. The molecule has 0 saturated heterocycles. The first-order valence-electron chi connectivity index (χ1n) is 12.0. The zero-order chi connectivity index (χ0) is 28.6. The predicted octanol–water partition coefficient (Wildman–Crippen LogP) is 7.76. The second-order valence-electron chi connectivity index (χ2n) is 12.0. The summed E-state index contributed by atoms with van der Waals surface area (Å²) in [7, 11) is -2.97. The Morgan fingerprint density at radius 3 is 1.65 bits per heavy atom. The molecule has 37 heavy (non-hydrogen) atoms. The van der Waals surface area contributed by atoms with E-state index in [1.807, 2.05) is 27.7 Å². The van der Waals surface area contributed by atoms with E-state index in [4.69, 9.17) is 9.47 Å². The van der Waals surface area contributed by atoms with E-state index in [0.29, 0.717) is 16.0 Å². The van der Waals surface area contributed by atoms with Gasteiger partial charge in [0.25, 0.3) is 0 Å². The normalized spacial score (nSPS) is 12.7. The molecule has 0 aliphatic heterocycles. The van der Waals surface area contributed by atoms with Gasteiger partial charge < -0.3 is 9.47 Å². The molecule has 2 amide bonds. The maximum atomic E-state index is 13.3. The number of imide groups is 1. The van der Waals surface area contributed by atoms with E-state index in [1.54, 1.807) is 84.9 Å². The fourth-order valence-corrected chi connectivity index (χ4v) is 6.55. The second kappa shape index (κ2) is 10.7. The van der Waals surface area contributed by atoms with Crippen LogP contribution in [0.15, 0.2) is 46.2 Å². The fourth-order valence-electron chi connectivity index (χ4n) is 3.32. The summed E-state index contributed by atoms with van der Waals surface area (Å²) < 4.78 is 37.6. The van der Waals surface area contributed by atoms with E-state index >= 15 is 0 Å². The van der Waals surface area contributed by atoms with Gasteiger partial charge in [-0.3, -0.25) is 0 Å². The van der Waals surface area contributed by atoms with E-state index in [1.165, 1.54) is 0 Å². The number of amides is 2. The minimum Gasteiger partial charge on any atom is -0.443 e. The fraction of sp³-hybridized carbons (Fsp3) is 0.500. The first-order valence-corrected chi connectivity index (χ1v) is 14.8. The summed E-state index contributed by atoms with van der Waals surface area (Å²) in [6.45, 7) is 19.7. The first kappa shape index (κ1) is 30.7. The SMILES string of the molecule is Cc1ccc(S(=O)(=O)Sc2cc(C)c(N(C(=O)OC(C)(C)C)C(=O)OC(C)(C)C)cc2C(C)(C)C)cc1. The minimum absolute atomic E-state index is 0.203. The average molecular weight is 550 g/mol. The molecule has 0 heterocycles. The second-order valence-corrected chi connectivity index (χ2v) is 15.8. The maximum absolute atomic E-state index is 13.3. The number of ether oxygens (including phenoxy) is 2. The summed E-state index contributed by atoms with van der Waals surface area (Å²) in [6, 6.07) is 10.0. The smallest absolute Gasteiger partial charge is 0.424 e. The maximum Gasteiger partial charge on any atom is 0.424 e. The number of hydrogen-bond acceptors (Lipinski definition) is 7. The number of benzene rings is 2. The van der Waals surface area contributed by atoms with Crippen LogP contribution in [0.25, 0.3) is 0 Å². The van der Waals surface area contributed by atoms with Gasteiger partial charge in [-0.25, -0.2) is 18.0 Å². The van der Waals surface area contributed by atoms with Gasteiger partial charge >= 0.3 is 12.2 Å². The van der Waals surface area contributed by atoms with Crippen LogP contribution in [-0.4, -0.2) is 31.8 Å². The van der Waals surface area contributed by atoms with Gasteiger partial charge in [-0.05, 0) is 96.2 Å². The first-order chi connectivity index (χ1) is 16.6. The third-order valence-electron chi connectivity index (χ3n) is 5.01. The van der Waals surface area contributed by atoms with E-state index in [2.05, 4.69) is 0 Å². The number of nitrogens with zero attached hydrogens (tertiary/aromatic N) is 1. The highest BCUT2D eigenvalue weighted by molar-refractivity contribution is 8.72. The molecule has 9 heteroatoms. The molecule has 0 N–H and O–H groups in total. The Kier molecular flexibility index (Phi) is 8.87. The third kappa shape index (κ3) is 8.50. The standard InChI is InChI=1S/C28H39NO6S2/c1-18-12-14-20(15-13-18)37(32,33)36-23-16-19(2)22(17-21(23)26(3,4)5)29(24(30)34-27(6,7)8)25(31)35-28(9,10)11/h12-17H,1-11H3. The highest BCUT2D eigenvalue weighted by Gasteiger charge is 2.35. The quantitative estimate of drug-likeness (QED) is 0.360. The van der Waals surface area contributed by atoms with Crippen LogP contribution in [0.3, 0.4) is 0 Å². The number of rotatable bonds is 4. The summed E-state index contributed by atoms with van der Waals surface area (Å²) in [5.41, 5.74) is 0.194. The molecule has 0 atom stereocenters. The zero-order valence-corrected chi connectivity index (χ0v) is 25.3. The molecular weight excluding hydrogens is 510 g/mol. The Morgan fingerprint density at radius 1 is 0.784 bits per heavy atom. The van der Waals surface area contributed by atoms with Crippen LogP contribution in [0.1, 0.15) is 79.0 Å². The lowest BCUT2D eigenvalue weighted by atomic mass is 9.86. The van der Waals surface area contributed by atoms with Gasteiger partial charge in [0.15, 0.2) is 0 Å². The van der Waals surface area contributed by atoms with E-state index in [0.717, 1.165) is 21.3 Å². The summed E-state index contributed by atoms with van der Waals surface area (Å²) in [5.74, 6) is 0. The van der Waals surface area contributed by atoms with Crippen molar-refractivity contribution in [1.29, 1.82) is 0 Å². The van der Waals surface area contributed by atoms with Crippen molar-refractivity contribution in [2.75, 3.05) is 4.90 Å². The van der Waals surface area contributed by atoms with Crippen molar-refractivity contribution in [2.45, 2.75) is 103 Å². The largest absolute Gasteiger partial charge is 0.443 e. The molecule has 0 unspecified atom stereocenters. The van der Waals surface area contributed by atoms with Gasteiger partial charge in [-0.2, -0.15) is 4.90 Å². The Morgan fingerprint density at radius 2 is 1.24 bits per heavy atom. The predicted molar refractivity (Wildman–Crippen MR) is 149 cm³/mol.